The van der Waals surface area contributed by atoms with Crippen LogP contribution in [0.3, 0.4) is 0 Å². The first kappa shape index (κ1) is 20.5. The van der Waals surface area contributed by atoms with E-state index in [2.05, 4.69) is 15.0 Å². The molecule has 0 spiro atoms. The van der Waals surface area contributed by atoms with Crippen LogP contribution in [-0.4, -0.2) is 26.5 Å². The Balaban J connectivity index is 1.97. The van der Waals surface area contributed by atoms with Crippen molar-refractivity contribution in [3.8, 4) is 0 Å². The number of alkyl halides is 3. The Labute approximate surface area is 154 Å². The number of benzene rings is 1. The highest BCUT2D eigenvalue weighted by molar-refractivity contribution is 7.89. The molecule has 0 fully saturated rings. The summed E-state index contributed by atoms with van der Waals surface area (Å²) in [6.07, 6.45) is -3.87. The second kappa shape index (κ2) is 7.81. The summed E-state index contributed by atoms with van der Waals surface area (Å²) in [5.74, 6) is 0.0469. The minimum Gasteiger partial charge on any atom is -0.368 e. The van der Waals surface area contributed by atoms with Crippen molar-refractivity contribution in [2.75, 3.05) is 18.4 Å². The molecule has 0 aliphatic heterocycles. The van der Waals surface area contributed by atoms with Gasteiger partial charge in [-0.1, -0.05) is 23.7 Å². The number of halogens is 4. The lowest BCUT2D eigenvalue weighted by atomic mass is 10.2. The molecule has 2 rings (SSSR count). The zero-order chi connectivity index (χ0) is 19.5. The quantitative estimate of drug-likeness (QED) is 0.715. The third kappa shape index (κ3) is 5.09. The SMILES string of the molecule is Cc1ccc(C)c(S(=O)(=O)NCCNc2ncc(C(F)(F)F)cc2Cl)c1. The van der Waals surface area contributed by atoms with Crippen molar-refractivity contribution < 1.29 is 21.6 Å². The number of nitrogens with zero attached hydrogens (tertiary/aromatic N) is 1. The summed E-state index contributed by atoms with van der Waals surface area (Å²) in [6.45, 7) is 3.59. The number of nitrogens with one attached hydrogen (secondary N) is 2. The van der Waals surface area contributed by atoms with Gasteiger partial charge in [0.05, 0.1) is 15.5 Å². The van der Waals surface area contributed by atoms with Crippen molar-refractivity contribution in [2.24, 2.45) is 0 Å². The Morgan fingerprint density at radius 1 is 1.15 bits per heavy atom. The lowest BCUT2D eigenvalue weighted by molar-refractivity contribution is -0.137. The van der Waals surface area contributed by atoms with Crippen molar-refractivity contribution in [3.63, 3.8) is 0 Å². The molecule has 1 aromatic heterocycles. The van der Waals surface area contributed by atoms with Gasteiger partial charge < -0.3 is 5.32 Å². The van der Waals surface area contributed by atoms with Crippen LogP contribution in [0, 0.1) is 13.8 Å². The first-order valence-electron chi connectivity index (χ1n) is 7.54. The number of aryl methyl sites for hydroxylation is 2. The smallest absolute Gasteiger partial charge is 0.368 e. The topological polar surface area (TPSA) is 71.1 Å². The Morgan fingerprint density at radius 2 is 1.85 bits per heavy atom. The molecule has 10 heteroatoms. The highest BCUT2D eigenvalue weighted by atomic mass is 35.5. The third-order valence-electron chi connectivity index (χ3n) is 3.51. The van der Waals surface area contributed by atoms with Crippen LogP contribution in [-0.2, 0) is 16.2 Å². The van der Waals surface area contributed by atoms with E-state index < -0.39 is 21.8 Å². The van der Waals surface area contributed by atoms with Crippen LogP contribution in [0.25, 0.3) is 0 Å². The summed E-state index contributed by atoms with van der Waals surface area (Å²) in [5, 5.41) is 2.51. The predicted octanol–water partition coefficient (Wildman–Crippen LogP) is 3.76. The normalized spacial score (nSPS) is 12.2. The van der Waals surface area contributed by atoms with Gasteiger partial charge in [-0.25, -0.2) is 18.1 Å². The molecule has 26 heavy (non-hydrogen) atoms. The van der Waals surface area contributed by atoms with Crippen LogP contribution in [0.4, 0.5) is 19.0 Å². The van der Waals surface area contributed by atoms with E-state index in [9.17, 15) is 21.6 Å². The molecule has 0 saturated heterocycles. The lowest BCUT2D eigenvalue weighted by Crippen LogP contribution is -2.29. The van der Waals surface area contributed by atoms with Crippen molar-refractivity contribution >= 4 is 27.4 Å². The van der Waals surface area contributed by atoms with E-state index in [1.54, 1.807) is 26.0 Å². The van der Waals surface area contributed by atoms with Crippen LogP contribution < -0.4 is 10.0 Å². The highest BCUT2D eigenvalue weighted by Crippen LogP contribution is 2.32. The zero-order valence-electron chi connectivity index (χ0n) is 14.0. The van der Waals surface area contributed by atoms with Crippen LogP contribution in [0.15, 0.2) is 35.4 Å². The summed E-state index contributed by atoms with van der Waals surface area (Å²) in [7, 11) is -3.70. The molecule has 1 aromatic carbocycles. The number of rotatable bonds is 6. The molecule has 0 radical (unpaired) electrons. The van der Waals surface area contributed by atoms with E-state index in [0.29, 0.717) is 11.8 Å². The van der Waals surface area contributed by atoms with Gasteiger partial charge in [0.1, 0.15) is 5.82 Å². The van der Waals surface area contributed by atoms with Gasteiger partial charge in [-0.2, -0.15) is 13.2 Å². The lowest BCUT2D eigenvalue weighted by Gasteiger charge is -2.12. The molecule has 142 valence electrons. The second-order valence-corrected chi connectivity index (χ2v) is 7.79. The minimum atomic E-state index is -4.53. The summed E-state index contributed by atoms with van der Waals surface area (Å²) < 4.78 is 64.8. The maximum atomic E-state index is 12.6. The van der Waals surface area contributed by atoms with Crippen molar-refractivity contribution in [1.82, 2.24) is 9.71 Å². The van der Waals surface area contributed by atoms with Gasteiger partial charge in [-0.3, -0.25) is 0 Å². The van der Waals surface area contributed by atoms with E-state index >= 15 is 0 Å². The minimum absolute atomic E-state index is 0.00868. The predicted molar refractivity (Wildman–Crippen MR) is 93.8 cm³/mol. The average Bonchev–Trinajstić information content (AvgIpc) is 2.54. The van der Waals surface area contributed by atoms with E-state index in [4.69, 9.17) is 11.6 Å². The molecule has 1 heterocycles. The molecule has 5 nitrogen and oxygen atoms in total. The van der Waals surface area contributed by atoms with Crippen molar-refractivity contribution in [3.05, 3.63) is 52.2 Å². The third-order valence-corrected chi connectivity index (χ3v) is 5.40. The number of pyridine rings is 1. The first-order valence-corrected chi connectivity index (χ1v) is 9.40. The van der Waals surface area contributed by atoms with Gasteiger partial charge in [0.25, 0.3) is 0 Å². The number of hydrogen-bond donors (Lipinski definition) is 2. The number of anilines is 1. The fraction of sp³-hybridized carbons (Fsp3) is 0.312. The average molecular weight is 408 g/mol. The molecule has 2 N–H and O–H groups in total. The molecule has 0 amide bonds. The van der Waals surface area contributed by atoms with Gasteiger partial charge in [0, 0.05) is 19.3 Å². The van der Waals surface area contributed by atoms with Crippen molar-refractivity contribution in [1.29, 1.82) is 0 Å². The summed E-state index contributed by atoms with van der Waals surface area (Å²) in [5.41, 5.74) is 0.474. The van der Waals surface area contributed by atoms with Gasteiger partial charge in [0.2, 0.25) is 10.0 Å². The Hall–Kier alpha value is -1.84. The van der Waals surface area contributed by atoms with Crippen LogP contribution >= 0.6 is 11.6 Å². The number of sulfonamides is 1. The largest absolute Gasteiger partial charge is 0.417 e. The van der Waals surface area contributed by atoms with Gasteiger partial charge >= 0.3 is 6.18 Å². The fourth-order valence-corrected chi connectivity index (χ4v) is 3.76. The van der Waals surface area contributed by atoms with Crippen LogP contribution in [0.2, 0.25) is 5.02 Å². The monoisotopic (exact) mass is 407 g/mol. The van der Waals surface area contributed by atoms with Gasteiger partial charge in [0.15, 0.2) is 0 Å². The first-order chi connectivity index (χ1) is 12.0. The Morgan fingerprint density at radius 3 is 2.46 bits per heavy atom. The van der Waals surface area contributed by atoms with Gasteiger partial charge in [-0.05, 0) is 37.1 Å². The van der Waals surface area contributed by atoms with E-state index in [0.717, 1.165) is 11.6 Å². The molecule has 2 aromatic rings. The summed E-state index contributed by atoms with van der Waals surface area (Å²) in [4.78, 5) is 3.81. The highest BCUT2D eigenvalue weighted by Gasteiger charge is 2.31. The van der Waals surface area contributed by atoms with Gasteiger partial charge in [-0.15, -0.1) is 0 Å². The maximum absolute atomic E-state index is 12.6. The van der Waals surface area contributed by atoms with E-state index in [1.807, 2.05) is 6.07 Å². The molecular formula is C16H17ClF3N3O2S. The Bertz CT molecular complexity index is 902. The van der Waals surface area contributed by atoms with Crippen molar-refractivity contribution in [2.45, 2.75) is 24.9 Å². The standard InChI is InChI=1S/C16H17ClF3N3O2S/c1-10-3-4-11(2)14(7-10)26(24,25)23-6-5-21-15-13(17)8-12(9-22-15)16(18,19)20/h3-4,7-9,23H,5-6H2,1-2H3,(H,21,22). The molecule has 0 unspecified atom stereocenters. The zero-order valence-corrected chi connectivity index (χ0v) is 15.6. The molecule has 0 atom stereocenters. The molecule has 0 aliphatic rings. The van der Waals surface area contributed by atoms with E-state index in [-0.39, 0.29) is 28.8 Å². The summed E-state index contributed by atoms with van der Waals surface area (Å²) >= 11 is 5.77. The fourth-order valence-electron chi connectivity index (χ4n) is 2.16. The Kier molecular flexibility index (Phi) is 6.15. The molecule has 0 aliphatic carbocycles. The maximum Gasteiger partial charge on any atom is 0.417 e. The molecule has 0 saturated carbocycles. The van der Waals surface area contributed by atoms with Crippen LogP contribution in [0.5, 0.6) is 0 Å². The summed E-state index contributed by atoms with van der Waals surface area (Å²) in [6, 6.07) is 5.86. The molecular weight excluding hydrogens is 391 g/mol. The van der Waals surface area contributed by atoms with Crippen LogP contribution in [0.1, 0.15) is 16.7 Å². The van der Waals surface area contributed by atoms with E-state index in [1.165, 1.54) is 0 Å². The second-order valence-electron chi connectivity index (χ2n) is 5.65. The molecule has 0 bridgehead atoms. The number of aromatic nitrogens is 1. The number of hydrogen-bond acceptors (Lipinski definition) is 4.